The number of benzene rings is 2. The zero-order valence-electron chi connectivity index (χ0n) is 32.3. The van der Waals surface area contributed by atoms with E-state index in [4.69, 9.17) is 4.74 Å². The molecule has 0 saturated heterocycles. The van der Waals surface area contributed by atoms with E-state index in [2.05, 4.69) is 13.8 Å². The highest BCUT2D eigenvalue weighted by atomic mass is 19.2. The van der Waals surface area contributed by atoms with E-state index in [0.29, 0.717) is 23.7 Å². The molecule has 0 amide bonds. The van der Waals surface area contributed by atoms with E-state index in [1.54, 1.807) is 0 Å². The normalized spacial score (nSPS) is 30.9. The summed E-state index contributed by atoms with van der Waals surface area (Å²) in [4.78, 5) is 0. The van der Waals surface area contributed by atoms with Crippen LogP contribution in [0, 0.1) is 82.2 Å². The predicted molar refractivity (Wildman–Crippen MR) is 200 cm³/mol. The van der Waals surface area contributed by atoms with Crippen molar-refractivity contribution in [3.8, 4) is 0 Å². The van der Waals surface area contributed by atoms with Crippen molar-refractivity contribution in [3.05, 3.63) is 70.3 Å². The van der Waals surface area contributed by atoms with Crippen LogP contribution in [0.5, 0.6) is 0 Å². The average molecular weight is 747 g/mol. The molecule has 7 heteroatoms. The van der Waals surface area contributed by atoms with Gasteiger partial charge in [-0.25, -0.2) is 26.3 Å². The summed E-state index contributed by atoms with van der Waals surface area (Å²) in [6, 6.07) is 4.38. The first-order valence-electron chi connectivity index (χ1n) is 21.6. The highest BCUT2D eigenvalue weighted by Crippen LogP contribution is 2.51. The third-order valence-electron chi connectivity index (χ3n) is 14.6. The lowest BCUT2D eigenvalue weighted by Gasteiger charge is -2.43. The Kier molecular flexibility index (Phi) is 14.7. The minimum absolute atomic E-state index is 0.0784. The maximum Gasteiger partial charge on any atom is 0.194 e. The summed E-state index contributed by atoms with van der Waals surface area (Å²) >= 11 is 0. The van der Waals surface area contributed by atoms with Gasteiger partial charge in [0.1, 0.15) is 0 Å². The van der Waals surface area contributed by atoms with Crippen molar-refractivity contribution in [1.29, 1.82) is 0 Å². The van der Waals surface area contributed by atoms with E-state index >= 15 is 8.78 Å². The molecule has 2 unspecified atom stereocenters. The molecular formula is C46H64F6O. The Balaban J connectivity index is 1.20. The first-order chi connectivity index (χ1) is 25.7. The molecule has 296 valence electrons. The number of unbranched alkanes of at least 4 members (excludes halogenated alkanes) is 2. The number of halogens is 6. The van der Waals surface area contributed by atoms with Crippen LogP contribution >= 0.6 is 0 Å². The summed E-state index contributed by atoms with van der Waals surface area (Å²) in [5, 5.41) is 0. The molecule has 4 fully saturated rings. The minimum atomic E-state index is -1.55. The standard InChI is InChI=1S/C46H64F6O/c1-3-5-7-29-9-13-31(14-10-29)33-17-21-35(22-18-33)45(37-25-27-39(47)43(51)41(37)49)53-46(38-26-28-40(48)44(52)42(38)50)36-23-19-34(20-24-36)32-15-11-30(12-16-32)8-6-4-2/h25-36,45-46H,3-24H2,1-2H3/t29-,30-,31-,32-,33-,34-,35-,36-,45?,46?. The largest absolute Gasteiger partial charge is 0.365 e. The Morgan fingerprint density at radius 1 is 0.453 bits per heavy atom. The van der Waals surface area contributed by atoms with E-state index < -0.39 is 47.1 Å². The van der Waals surface area contributed by atoms with Gasteiger partial charge in [0.2, 0.25) is 0 Å². The van der Waals surface area contributed by atoms with Crippen LogP contribution in [0.25, 0.3) is 0 Å². The van der Waals surface area contributed by atoms with E-state index in [1.165, 1.54) is 102 Å². The number of hydrogen-bond acceptors (Lipinski definition) is 1. The van der Waals surface area contributed by atoms with Crippen molar-refractivity contribution in [3.63, 3.8) is 0 Å². The molecule has 0 heterocycles. The van der Waals surface area contributed by atoms with Gasteiger partial charge in [0.15, 0.2) is 34.9 Å². The smallest absolute Gasteiger partial charge is 0.194 e. The molecule has 6 rings (SSSR count). The molecule has 0 radical (unpaired) electrons. The molecule has 0 bridgehead atoms. The topological polar surface area (TPSA) is 9.23 Å². The van der Waals surface area contributed by atoms with Crippen molar-refractivity contribution in [1.82, 2.24) is 0 Å². The summed E-state index contributed by atoms with van der Waals surface area (Å²) < 4.78 is 96.5. The zero-order valence-corrected chi connectivity index (χ0v) is 32.3. The van der Waals surface area contributed by atoms with Crippen molar-refractivity contribution in [2.45, 2.75) is 167 Å². The van der Waals surface area contributed by atoms with Crippen LogP contribution in [0.4, 0.5) is 26.3 Å². The lowest BCUT2D eigenvalue weighted by molar-refractivity contribution is -0.0963. The molecule has 0 aromatic heterocycles. The second kappa shape index (κ2) is 19.2. The lowest BCUT2D eigenvalue weighted by Crippen LogP contribution is -2.32. The van der Waals surface area contributed by atoms with E-state index in [-0.39, 0.29) is 23.0 Å². The molecule has 53 heavy (non-hydrogen) atoms. The fraction of sp³-hybridized carbons (Fsp3) is 0.739. The SMILES string of the molecule is CCCC[C@H]1CC[C@H]([C@H]2CC[C@H](C(OC(c3ccc(F)c(F)c3F)[C@H]3CC[C@H]([C@H]4CC[C@H](CCCC)CC4)CC3)c3ccc(F)c(F)c3F)CC2)CC1. The molecule has 0 N–H and O–H groups in total. The average Bonchev–Trinajstić information content (AvgIpc) is 3.19. The van der Waals surface area contributed by atoms with Gasteiger partial charge in [0.05, 0.1) is 12.2 Å². The van der Waals surface area contributed by atoms with Gasteiger partial charge in [0, 0.05) is 11.1 Å². The van der Waals surface area contributed by atoms with Gasteiger partial charge < -0.3 is 4.74 Å². The summed E-state index contributed by atoms with van der Waals surface area (Å²) in [5.41, 5.74) is -0.157. The van der Waals surface area contributed by atoms with Gasteiger partial charge in [-0.2, -0.15) is 0 Å². The quantitative estimate of drug-likeness (QED) is 0.138. The van der Waals surface area contributed by atoms with Crippen molar-refractivity contribution in [2.75, 3.05) is 0 Å². The maximum atomic E-state index is 15.7. The summed E-state index contributed by atoms with van der Waals surface area (Å²) in [6.45, 7) is 4.49. The molecule has 2 aromatic carbocycles. The van der Waals surface area contributed by atoms with Gasteiger partial charge in [-0.3, -0.25) is 0 Å². The van der Waals surface area contributed by atoms with Crippen LogP contribution < -0.4 is 0 Å². The Hall–Kier alpha value is -2.02. The molecule has 2 atom stereocenters. The number of hydrogen-bond donors (Lipinski definition) is 0. The fourth-order valence-electron chi connectivity index (χ4n) is 11.3. The van der Waals surface area contributed by atoms with Gasteiger partial charge in [-0.05, 0) is 137 Å². The third kappa shape index (κ3) is 9.87. The number of ether oxygens (including phenoxy) is 1. The molecule has 1 nitrogen and oxygen atoms in total. The van der Waals surface area contributed by atoms with Crippen LogP contribution in [0.15, 0.2) is 24.3 Å². The van der Waals surface area contributed by atoms with E-state index in [0.717, 1.165) is 75.3 Å². The van der Waals surface area contributed by atoms with Gasteiger partial charge >= 0.3 is 0 Å². The lowest BCUT2D eigenvalue weighted by atomic mass is 9.67. The highest BCUT2D eigenvalue weighted by Gasteiger charge is 2.41. The van der Waals surface area contributed by atoms with E-state index in [9.17, 15) is 17.6 Å². The molecule has 0 aliphatic heterocycles. The van der Waals surface area contributed by atoms with Crippen LogP contribution in [0.1, 0.15) is 178 Å². The van der Waals surface area contributed by atoms with Crippen molar-refractivity contribution in [2.24, 2.45) is 47.3 Å². The Labute approximate surface area is 315 Å². The first-order valence-corrected chi connectivity index (χ1v) is 21.6. The second-order valence-electron chi connectivity index (χ2n) is 17.7. The Bertz CT molecular complexity index is 1320. The van der Waals surface area contributed by atoms with Gasteiger partial charge in [-0.1, -0.05) is 90.2 Å². The molecule has 4 aliphatic carbocycles. The summed E-state index contributed by atoms with van der Waals surface area (Å²) in [5.74, 6) is -4.53. The Morgan fingerprint density at radius 3 is 1.09 bits per heavy atom. The van der Waals surface area contributed by atoms with E-state index in [1.807, 2.05) is 0 Å². The molecule has 0 spiro atoms. The maximum absolute atomic E-state index is 15.7. The van der Waals surface area contributed by atoms with Crippen LogP contribution in [-0.4, -0.2) is 0 Å². The first kappa shape index (κ1) is 40.6. The van der Waals surface area contributed by atoms with Crippen molar-refractivity contribution < 1.29 is 31.1 Å². The minimum Gasteiger partial charge on any atom is -0.365 e. The summed E-state index contributed by atoms with van der Waals surface area (Å²) in [6.07, 6.45) is 22.4. The predicted octanol–water partition coefficient (Wildman–Crippen LogP) is 14.9. The molecule has 4 aliphatic rings. The molecule has 2 aromatic rings. The second-order valence-corrected chi connectivity index (χ2v) is 17.7. The van der Waals surface area contributed by atoms with Crippen LogP contribution in [0.2, 0.25) is 0 Å². The van der Waals surface area contributed by atoms with Crippen LogP contribution in [0.3, 0.4) is 0 Å². The third-order valence-corrected chi connectivity index (χ3v) is 14.6. The van der Waals surface area contributed by atoms with Crippen LogP contribution in [-0.2, 0) is 4.74 Å². The highest BCUT2D eigenvalue weighted by molar-refractivity contribution is 5.26. The van der Waals surface area contributed by atoms with Crippen molar-refractivity contribution >= 4 is 0 Å². The van der Waals surface area contributed by atoms with Gasteiger partial charge in [-0.15, -0.1) is 0 Å². The molecule has 4 saturated carbocycles. The fourth-order valence-corrected chi connectivity index (χ4v) is 11.3. The van der Waals surface area contributed by atoms with Gasteiger partial charge in [0.25, 0.3) is 0 Å². The zero-order chi connectivity index (χ0) is 37.5. The molecular weight excluding hydrogens is 682 g/mol. The Morgan fingerprint density at radius 2 is 0.774 bits per heavy atom. The monoisotopic (exact) mass is 746 g/mol. The summed E-state index contributed by atoms with van der Waals surface area (Å²) in [7, 11) is 0. The number of rotatable bonds is 14.